The van der Waals surface area contributed by atoms with Crippen LogP contribution < -0.4 is 10.6 Å². The van der Waals surface area contributed by atoms with Crippen molar-refractivity contribution < 1.29 is 9.59 Å². The van der Waals surface area contributed by atoms with Gasteiger partial charge in [-0.2, -0.15) is 0 Å². The van der Waals surface area contributed by atoms with E-state index in [9.17, 15) is 9.59 Å². The number of carbonyl (C=O) groups is 2. The van der Waals surface area contributed by atoms with Crippen molar-refractivity contribution in [3.05, 3.63) is 55.1 Å². The molecule has 0 saturated heterocycles. The number of carbonyl (C=O) groups excluding carboxylic acids is 2. The third kappa shape index (κ3) is 6.06. The van der Waals surface area contributed by atoms with Crippen LogP contribution in [0.15, 0.2) is 49.6 Å². The topological polar surface area (TPSA) is 61.4 Å². The largest absolute Gasteiger partial charge is 0.376 e. The van der Waals surface area contributed by atoms with Gasteiger partial charge in [0.2, 0.25) is 5.91 Å². The van der Waals surface area contributed by atoms with E-state index in [4.69, 9.17) is 0 Å². The first kappa shape index (κ1) is 19.8. The molecular weight excluding hydrogens is 326 g/mol. The van der Waals surface area contributed by atoms with Crippen molar-refractivity contribution >= 4 is 17.5 Å². The molecule has 0 radical (unpaired) electrons. The maximum absolute atomic E-state index is 12.3. The van der Waals surface area contributed by atoms with Crippen LogP contribution in [-0.4, -0.2) is 42.4 Å². The van der Waals surface area contributed by atoms with E-state index in [1.165, 1.54) is 19.3 Å². The summed E-state index contributed by atoms with van der Waals surface area (Å²) in [4.78, 5) is 26.2. The molecule has 1 aliphatic rings. The third-order valence-electron chi connectivity index (χ3n) is 4.58. The van der Waals surface area contributed by atoms with Gasteiger partial charge < -0.3 is 15.5 Å². The first-order valence-electron chi connectivity index (χ1n) is 9.28. The predicted molar refractivity (Wildman–Crippen MR) is 106 cm³/mol. The van der Waals surface area contributed by atoms with Crippen LogP contribution in [-0.2, 0) is 4.79 Å². The molecule has 1 aliphatic carbocycles. The number of nitrogens with one attached hydrogen (secondary N) is 2. The van der Waals surface area contributed by atoms with Gasteiger partial charge in [0.05, 0.1) is 6.54 Å². The van der Waals surface area contributed by atoms with Crippen LogP contribution in [0.3, 0.4) is 0 Å². The van der Waals surface area contributed by atoms with E-state index in [2.05, 4.69) is 23.8 Å². The number of amides is 2. The molecule has 0 bridgehead atoms. The molecule has 2 rings (SSSR count). The summed E-state index contributed by atoms with van der Waals surface area (Å²) in [6.45, 7) is 8.51. The smallest absolute Gasteiger partial charge is 0.251 e. The van der Waals surface area contributed by atoms with E-state index in [0.29, 0.717) is 24.7 Å². The molecule has 0 atom stereocenters. The van der Waals surface area contributed by atoms with Crippen LogP contribution in [0.5, 0.6) is 0 Å². The van der Waals surface area contributed by atoms with E-state index in [1.807, 2.05) is 12.1 Å². The molecule has 26 heavy (non-hydrogen) atoms. The third-order valence-corrected chi connectivity index (χ3v) is 4.58. The van der Waals surface area contributed by atoms with Crippen LogP contribution in [0.2, 0.25) is 0 Å². The lowest BCUT2D eigenvalue weighted by Crippen LogP contribution is -2.36. The van der Waals surface area contributed by atoms with Crippen molar-refractivity contribution in [1.29, 1.82) is 0 Å². The lowest BCUT2D eigenvalue weighted by molar-refractivity contribution is -0.128. The summed E-state index contributed by atoms with van der Waals surface area (Å²) < 4.78 is 0. The van der Waals surface area contributed by atoms with Gasteiger partial charge in [-0.1, -0.05) is 31.4 Å². The lowest BCUT2D eigenvalue weighted by atomic mass is 9.95. The minimum Gasteiger partial charge on any atom is -0.376 e. The second-order valence-electron chi connectivity index (χ2n) is 6.62. The van der Waals surface area contributed by atoms with Gasteiger partial charge in [-0.3, -0.25) is 9.59 Å². The molecule has 2 amide bonds. The quantitative estimate of drug-likeness (QED) is 0.668. The highest BCUT2D eigenvalue weighted by Gasteiger charge is 2.16. The molecule has 5 nitrogen and oxygen atoms in total. The van der Waals surface area contributed by atoms with Crippen LogP contribution in [0, 0.1) is 0 Å². The first-order valence-corrected chi connectivity index (χ1v) is 9.28. The zero-order chi connectivity index (χ0) is 18.8. The van der Waals surface area contributed by atoms with Gasteiger partial charge in [0.25, 0.3) is 5.91 Å². The van der Waals surface area contributed by atoms with Crippen molar-refractivity contribution in [3.8, 4) is 0 Å². The fraction of sp³-hybridized carbons (Fsp3) is 0.429. The van der Waals surface area contributed by atoms with Crippen LogP contribution in [0.25, 0.3) is 0 Å². The average Bonchev–Trinajstić information content (AvgIpc) is 2.67. The molecule has 0 heterocycles. The fourth-order valence-electron chi connectivity index (χ4n) is 3.13. The predicted octanol–water partition coefficient (Wildman–Crippen LogP) is 3.36. The van der Waals surface area contributed by atoms with E-state index < -0.39 is 0 Å². The highest BCUT2D eigenvalue weighted by Crippen LogP contribution is 2.18. The highest BCUT2D eigenvalue weighted by atomic mass is 16.2. The zero-order valence-electron chi connectivity index (χ0n) is 15.4. The summed E-state index contributed by atoms with van der Waals surface area (Å²) in [6, 6.07) is 7.53. The Morgan fingerprint density at radius 3 is 2.23 bits per heavy atom. The molecule has 0 spiro atoms. The summed E-state index contributed by atoms with van der Waals surface area (Å²) in [5.41, 5.74) is 1.46. The highest BCUT2D eigenvalue weighted by molar-refractivity contribution is 5.94. The Bertz CT molecular complexity index is 609. The van der Waals surface area contributed by atoms with Gasteiger partial charge in [-0.25, -0.2) is 0 Å². The first-order chi connectivity index (χ1) is 12.6. The van der Waals surface area contributed by atoms with E-state index >= 15 is 0 Å². The number of hydrogen-bond acceptors (Lipinski definition) is 3. The van der Waals surface area contributed by atoms with Gasteiger partial charge >= 0.3 is 0 Å². The summed E-state index contributed by atoms with van der Waals surface area (Å²) in [5.74, 6) is -0.0495. The van der Waals surface area contributed by atoms with Gasteiger partial charge in [-0.05, 0) is 37.1 Å². The summed E-state index contributed by atoms with van der Waals surface area (Å²) in [7, 11) is 0. The van der Waals surface area contributed by atoms with Crippen molar-refractivity contribution in [1.82, 2.24) is 10.2 Å². The molecule has 1 saturated carbocycles. The van der Waals surface area contributed by atoms with E-state index in [1.54, 1.807) is 29.2 Å². The minimum absolute atomic E-state index is 0.0241. The Hall–Kier alpha value is -2.56. The van der Waals surface area contributed by atoms with Crippen LogP contribution >= 0.6 is 0 Å². The summed E-state index contributed by atoms with van der Waals surface area (Å²) in [6.07, 6.45) is 9.18. The molecule has 0 aromatic heterocycles. The van der Waals surface area contributed by atoms with Crippen LogP contribution in [0.1, 0.15) is 42.5 Å². The second-order valence-corrected chi connectivity index (χ2v) is 6.62. The summed E-state index contributed by atoms with van der Waals surface area (Å²) in [5, 5.41) is 6.21. The number of nitrogens with zero attached hydrogens (tertiary/aromatic N) is 1. The van der Waals surface area contributed by atoms with E-state index in [0.717, 1.165) is 18.5 Å². The van der Waals surface area contributed by atoms with Gasteiger partial charge in [0.1, 0.15) is 0 Å². The minimum atomic E-state index is -0.0253. The normalized spacial score (nSPS) is 14.3. The molecule has 1 fully saturated rings. The molecule has 1 aromatic carbocycles. The Morgan fingerprint density at radius 1 is 1.04 bits per heavy atom. The standard InChI is InChI=1S/C21H29N3O2/c1-3-14-24(15-4-2)20(25)16-22-18-12-10-17(11-13-18)21(26)23-19-8-6-5-7-9-19/h3-4,10-13,19,22H,1-2,5-9,14-16H2,(H,23,26). The molecule has 0 aliphatic heterocycles. The monoisotopic (exact) mass is 355 g/mol. The molecule has 1 aromatic rings. The molecule has 5 heteroatoms. The number of rotatable bonds is 9. The fourth-order valence-corrected chi connectivity index (χ4v) is 3.13. The zero-order valence-corrected chi connectivity index (χ0v) is 15.4. The number of hydrogen-bond donors (Lipinski definition) is 2. The average molecular weight is 355 g/mol. The van der Waals surface area contributed by atoms with Gasteiger partial charge in [-0.15, -0.1) is 13.2 Å². The van der Waals surface area contributed by atoms with Crippen molar-refractivity contribution in [3.63, 3.8) is 0 Å². The number of benzene rings is 1. The Balaban J connectivity index is 1.84. The molecule has 0 unspecified atom stereocenters. The maximum atomic E-state index is 12.3. The maximum Gasteiger partial charge on any atom is 0.251 e. The SMILES string of the molecule is C=CCN(CC=C)C(=O)CNc1ccc(C(=O)NC2CCCCC2)cc1. The van der Waals surface area contributed by atoms with Crippen molar-refractivity contribution in [2.75, 3.05) is 25.0 Å². The van der Waals surface area contributed by atoms with Gasteiger partial charge in [0, 0.05) is 30.4 Å². The Kier molecular flexibility index (Phi) is 7.93. The van der Waals surface area contributed by atoms with Gasteiger partial charge in [0.15, 0.2) is 0 Å². The summed E-state index contributed by atoms with van der Waals surface area (Å²) >= 11 is 0. The molecule has 2 N–H and O–H groups in total. The van der Waals surface area contributed by atoms with Crippen molar-refractivity contribution in [2.45, 2.75) is 38.1 Å². The molecular formula is C21H29N3O2. The molecule has 140 valence electrons. The van der Waals surface area contributed by atoms with E-state index in [-0.39, 0.29) is 18.4 Å². The van der Waals surface area contributed by atoms with Crippen molar-refractivity contribution in [2.24, 2.45) is 0 Å². The Morgan fingerprint density at radius 2 is 1.65 bits per heavy atom. The second kappa shape index (κ2) is 10.4. The lowest BCUT2D eigenvalue weighted by Gasteiger charge is -2.22. The number of anilines is 1. The van der Waals surface area contributed by atoms with Crippen LogP contribution in [0.4, 0.5) is 5.69 Å². The Labute approximate surface area is 156 Å².